The molecule has 2 aliphatic heterocycles. The highest BCUT2D eigenvalue weighted by atomic mass is 16.5. The minimum atomic E-state index is -0.792. The van der Waals surface area contributed by atoms with E-state index in [1.165, 1.54) is 0 Å². The minimum Gasteiger partial charge on any atom is -0.473 e. The number of anilines is 2. The molecule has 7 rings (SSSR count). The number of aromatic nitrogens is 3. The lowest BCUT2D eigenvalue weighted by Crippen LogP contribution is -2.46. The van der Waals surface area contributed by atoms with Crippen LogP contribution < -0.4 is 15.4 Å². The number of hydrogen-bond acceptors (Lipinski definition) is 10. The lowest BCUT2D eigenvalue weighted by atomic mass is 9.68. The van der Waals surface area contributed by atoms with Crippen LogP contribution in [0.1, 0.15) is 86.8 Å². The van der Waals surface area contributed by atoms with Crippen LogP contribution in [0, 0.1) is 11.3 Å². The Labute approximate surface area is 252 Å². The molecule has 0 bridgehead atoms. The van der Waals surface area contributed by atoms with E-state index in [-0.39, 0.29) is 6.10 Å². The summed E-state index contributed by atoms with van der Waals surface area (Å²) in [6.07, 6.45) is 8.16. The number of likely N-dealkylation sites (tertiary alicyclic amines) is 1. The fourth-order valence-corrected chi connectivity index (χ4v) is 8.22. The van der Waals surface area contributed by atoms with Crippen LogP contribution >= 0.6 is 0 Å². The highest BCUT2D eigenvalue weighted by molar-refractivity contribution is 5.68. The number of aliphatic hydroxyl groups is 1. The van der Waals surface area contributed by atoms with Crippen LogP contribution in [0.4, 0.5) is 11.5 Å². The molecule has 0 saturated carbocycles. The standard InChI is InChI=1S/C33H41N7O3/c1-20(25-8-5-15-39(25)3)42-27-17-26(40-16-6-12-32(2,41)19-40)36-31(37-27)29-22-7-4-13-33(30(22)43-38-29)14-11-21-9-10-24(35)23(18-34)28(21)33/h9-10,17,20,25,41H,4-8,11-16,19,35H2,1-3H3/t20-,25-,32+,33-/m0/s1. The molecule has 3 N–H and O–H groups in total. The number of fused-ring (bicyclic) bond motifs is 4. The van der Waals surface area contributed by atoms with Crippen LogP contribution in [0.25, 0.3) is 11.5 Å². The maximum atomic E-state index is 10.9. The first-order valence-corrected chi connectivity index (χ1v) is 15.7. The number of nitrogens with two attached hydrogens (primary N) is 1. The number of rotatable bonds is 5. The van der Waals surface area contributed by atoms with Crippen molar-refractivity contribution in [1.29, 1.82) is 5.26 Å². The van der Waals surface area contributed by atoms with Gasteiger partial charge in [0.1, 0.15) is 18.0 Å². The quantitative estimate of drug-likeness (QED) is 0.417. The van der Waals surface area contributed by atoms with Gasteiger partial charge in [0, 0.05) is 36.4 Å². The topological polar surface area (TPSA) is 138 Å². The molecule has 43 heavy (non-hydrogen) atoms. The predicted octanol–water partition coefficient (Wildman–Crippen LogP) is 4.37. The third kappa shape index (κ3) is 4.74. The highest BCUT2D eigenvalue weighted by Crippen LogP contribution is 2.54. The zero-order valence-corrected chi connectivity index (χ0v) is 25.4. The maximum absolute atomic E-state index is 10.9. The Morgan fingerprint density at radius 2 is 2.02 bits per heavy atom. The monoisotopic (exact) mass is 583 g/mol. The summed E-state index contributed by atoms with van der Waals surface area (Å²) in [4.78, 5) is 14.4. The number of piperidine rings is 1. The van der Waals surface area contributed by atoms with Gasteiger partial charge < -0.3 is 25.0 Å². The SMILES string of the molecule is C[C@H](Oc1cc(N2CCC[C@@](C)(O)C2)nc(-c2noc3c2CCC[C@@]32CCc3ccc(N)c(C#N)c32)n1)[C@@H]1CCCN1C. The molecule has 0 amide bonds. The molecule has 2 fully saturated rings. The van der Waals surface area contributed by atoms with Crippen LogP contribution in [-0.2, 0) is 18.3 Å². The van der Waals surface area contributed by atoms with E-state index in [1.54, 1.807) is 0 Å². The summed E-state index contributed by atoms with van der Waals surface area (Å²) in [5.41, 5.74) is 9.93. The minimum absolute atomic E-state index is 0.0492. The summed E-state index contributed by atoms with van der Waals surface area (Å²) in [5.74, 6) is 2.51. The number of ether oxygens (including phenoxy) is 1. The normalized spacial score (nSPS) is 27.6. The van der Waals surface area contributed by atoms with Gasteiger partial charge in [-0.15, -0.1) is 0 Å². The number of β-amino-alcohol motifs (C(OH)–C–C–N with tert-alkyl or cyclic N) is 1. The first-order chi connectivity index (χ1) is 20.7. The molecule has 3 aromatic rings. The molecule has 0 unspecified atom stereocenters. The van der Waals surface area contributed by atoms with E-state index in [0.29, 0.717) is 41.2 Å². The number of hydrogen-bond donors (Lipinski definition) is 2. The van der Waals surface area contributed by atoms with Crippen molar-refractivity contribution in [2.24, 2.45) is 0 Å². The fourth-order valence-electron chi connectivity index (χ4n) is 8.22. The molecule has 1 spiro atoms. The molecule has 226 valence electrons. The lowest BCUT2D eigenvalue weighted by Gasteiger charge is -2.37. The van der Waals surface area contributed by atoms with Crippen LogP contribution in [-0.4, -0.2) is 69.6 Å². The van der Waals surface area contributed by atoms with Crippen molar-refractivity contribution in [3.8, 4) is 23.5 Å². The molecule has 4 aliphatic rings. The Kier molecular flexibility index (Phi) is 6.86. The van der Waals surface area contributed by atoms with Crippen molar-refractivity contribution >= 4 is 11.5 Å². The van der Waals surface area contributed by atoms with Gasteiger partial charge in [0.25, 0.3) is 0 Å². The second kappa shape index (κ2) is 10.5. The summed E-state index contributed by atoms with van der Waals surface area (Å²) in [5, 5.41) is 25.6. The van der Waals surface area contributed by atoms with Crippen molar-refractivity contribution in [1.82, 2.24) is 20.0 Å². The van der Waals surface area contributed by atoms with E-state index in [0.717, 1.165) is 99.1 Å². The van der Waals surface area contributed by atoms with Crippen molar-refractivity contribution in [2.75, 3.05) is 37.3 Å². The van der Waals surface area contributed by atoms with Crippen molar-refractivity contribution < 1.29 is 14.4 Å². The van der Waals surface area contributed by atoms with Gasteiger partial charge in [0.2, 0.25) is 5.88 Å². The van der Waals surface area contributed by atoms with Gasteiger partial charge in [0.15, 0.2) is 17.3 Å². The molecular formula is C33H41N7O3. The summed E-state index contributed by atoms with van der Waals surface area (Å²) in [6, 6.07) is 8.50. The average Bonchev–Trinajstić information content (AvgIpc) is 3.71. The lowest BCUT2D eigenvalue weighted by molar-refractivity contribution is 0.0446. The largest absolute Gasteiger partial charge is 0.473 e. The second-order valence-corrected chi connectivity index (χ2v) is 13.4. The molecule has 10 nitrogen and oxygen atoms in total. The molecule has 4 atom stereocenters. The van der Waals surface area contributed by atoms with Crippen molar-refractivity contribution in [2.45, 2.75) is 94.8 Å². The fraction of sp³-hybridized carbons (Fsp3) is 0.576. The maximum Gasteiger partial charge on any atom is 0.219 e. The molecule has 1 aromatic carbocycles. The van der Waals surface area contributed by atoms with Crippen LogP contribution in [0.5, 0.6) is 5.88 Å². The number of nitriles is 1. The Morgan fingerprint density at radius 1 is 1.16 bits per heavy atom. The van der Waals surface area contributed by atoms with E-state index in [9.17, 15) is 10.4 Å². The van der Waals surface area contributed by atoms with Crippen molar-refractivity contribution in [3.63, 3.8) is 0 Å². The summed E-state index contributed by atoms with van der Waals surface area (Å²) in [6.45, 7) is 6.33. The van der Waals surface area contributed by atoms with Crippen molar-refractivity contribution in [3.05, 3.63) is 46.2 Å². The zero-order valence-electron chi connectivity index (χ0n) is 25.4. The third-order valence-electron chi connectivity index (χ3n) is 10.3. The van der Waals surface area contributed by atoms with Gasteiger partial charge in [-0.2, -0.15) is 10.2 Å². The first-order valence-electron chi connectivity index (χ1n) is 15.7. The van der Waals surface area contributed by atoms with E-state index in [1.807, 2.05) is 19.1 Å². The summed E-state index contributed by atoms with van der Waals surface area (Å²) >= 11 is 0. The Hall–Kier alpha value is -3.68. The van der Waals surface area contributed by atoms with E-state index in [4.69, 9.17) is 25.0 Å². The number of likely N-dealkylation sites (N-methyl/N-ethyl adjacent to an activating group) is 1. The Bertz CT molecular complexity index is 1590. The van der Waals surface area contributed by atoms with Gasteiger partial charge in [-0.1, -0.05) is 11.2 Å². The average molecular weight is 584 g/mol. The molecule has 2 aromatic heterocycles. The third-order valence-corrected chi connectivity index (χ3v) is 10.3. The smallest absolute Gasteiger partial charge is 0.219 e. The van der Waals surface area contributed by atoms with Crippen LogP contribution in [0.3, 0.4) is 0 Å². The van der Waals surface area contributed by atoms with Crippen LogP contribution in [0.15, 0.2) is 22.7 Å². The molecule has 2 saturated heterocycles. The number of benzene rings is 1. The van der Waals surface area contributed by atoms with E-state index < -0.39 is 11.0 Å². The second-order valence-electron chi connectivity index (χ2n) is 13.4. The molecule has 4 heterocycles. The summed E-state index contributed by atoms with van der Waals surface area (Å²) < 4.78 is 12.8. The van der Waals surface area contributed by atoms with Gasteiger partial charge in [-0.3, -0.25) is 4.90 Å². The van der Waals surface area contributed by atoms with Gasteiger partial charge in [-0.25, -0.2) is 4.98 Å². The van der Waals surface area contributed by atoms with E-state index in [2.05, 4.69) is 41.1 Å². The Balaban J connectivity index is 1.31. The number of aryl methyl sites for hydroxylation is 1. The molecule has 0 radical (unpaired) electrons. The van der Waals surface area contributed by atoms with Gasteiger partial charge >= 0.3 is 0 Å². The molecular weight excluding hydrogens is 542 g/mol. The molecule has 10 heteroatoms. The first kappa shape index (κ1) is 28.1. The van der Waals surface area contributed by atoms with Gasteiger partial charge in [0.05, 0.1) is 16.6 Å². The highest BCUT2D eigenvalue weighted by Gasteiger charge is 2.49. The predicted molar refractivity (Wildman–Crippen MR) is 163 cm³/mol. The number of nitrogen functional groups attached to an aromatic ring is 1. The number of nitrogens with zero attached hydrogens (tertiary/aromatic N) is 6. The Morgan fingerprint density at radius 3 is 2.79 bits per heavy atom. The van der Waals surface area contributed by atoms with E-state index >= 15 is 0 Å². The van der Waals surface area contributed by atoms with Crippen LogP contribution in [0.2, 0.25) is 0 Å². The zero-order chi connectivity index (χ0) is 29.9. The molecule has 2 aliphatic carbocycles. The van der Waals surface area contributed by atoms with Gasteiger partial charge in [-0.05, 0) is 102 Å². The summed E-state index contributed by atoms with van der Waals surface area (Å²) in [7, 11) is 2.15.